The molecule has 0 bridgehead atoms. The minimum Gasteiger partial charge on any atom is -0.494 e. The van der Waals surface area contributed by atoms with Crippen LogP contribution in [0.1, 0.15) is 45.4 Å². The van der Waals surface area contributed by atoms with Crippen LogP contribution < -0.4 is 4.74 Å². The van der Waals surface area contributed by atoms with Crippen LogP contribution in [0.3, 0.4) is 0 Å². The number of ether oxygens (including phenoxy) is 1. The van der Waals surface area contributed by atoms with Crippen molar-refractivity contribution >= 4 is 0 Å². The van der Waals surface area contributed by atoms with E-state index in [9.17, 15) is 4.39 Å². The summed E-state index contributed by atoms with van der Waals surface area (Å²) in [6.07, 6.45) is 7.56. The van der Waals surface area contributed by atoms with E-state index in [1.54, 1.807) is 12.1 Å². The molecule has 0 aliphatic rings. The fourth-order valence-corrected chi connectivity index (χ4v) is 2.50. The lowest BCUT2D eigenvalue weighted by atomic mass is 10.1. The number of benzene rings is 2. The van der Waals surface area contributed by atoms with Crippen molar-refractivity contribution in [3.8, 4) is 16.9 Å². The van der Waals surface area contributed by atoms with Gasteiger partial charge in [0.05, 0.1) is 6.61 Å². The van der Waals surface area contributed by atoms with Crippen molar-refractivity contribution < 1.29 is 9.13 Å². The van der Waals surface area contributed by atoms with Crippen LogP contribution in [0.5, 0.6) is 5.75 Å². The summed E-state index contributed by atoms with van der Waals surface area (Å²) < 4.78 is 19.5. The Labute approximate surface area is 133 Å². The van der Waals surface area contributed by atoms with Gasteiger partial charge in [-0.25, -0.2) is 4.39 Å². The lowest BCUT2D eigenvalue weighted by Gasteiger charge is -2.08. The number of hydrogen-bond donors (Lipinski definition) is 0. The summed E-state index contributed by atoms with van der Waals surface area (Å²) in [7, 11) is 0. The topological polar surface area (TPSA) is 9.23 Å². The molecule has 0 aliphatic heterocycles. The first-order chi connectivity index (χ1) is 10.8. The van der Waals surface area contributed by atoms with E-state index >= 15 is 0 Å². The average molecular weight is 300 g/mol. The third-order valence-electron chi connectivity index (χ3n) is 3.81. The molecule has 0 fully saturated rings. The van der Waals surface area contributed by atoms with E-state index in [1.165, 1.54) is 38.2 Å². The van der Waals surface area contributed by atoms with E-state index in [4.69, 9.17) is 4.74 Å². The van der Waals surface area contributed by atoms with Gasteiger partial charge < -0.3 is 4.74 Å². The van der Waals surface area contributed by atoms with E-state index in [-0.39, 0.29) is 5.82 Å². The van der Waals surface area contributed by atoms with E-state index in [0.29, 0.717) is 5.56 Å². The van der Waals surface area contributed by atoms with Crippen molar-refractivity contribution in [2.24, 2.45) is 0 Å². The Morgan fingerprint density at radius 3 is 2.23 bits per heavy atom. The zero-order chi connectivity index (χ0) is 15.6. The molecule has 2 heteroatoms. The predicted octanol–water partition coefficient (Wildman–Crippen LogP) is 6.23. The molecule has 0 amide bonds. The summed E-state index contributed by atoms with van der Waals surface area (Å²) in [6.45, 7) is 2.99. The first-order valence-corrected chi connectivity index (χ1v) is 8.29. The van der Waals surface area contributed by atoms with Gasteiger partial charge in [0.2, 0.25) is 0 Å². The van der Waals surface area contributed by atoms with Crippen LogP contribution in [0, 0.1) is 5.82 Å². The van der Waals surface area contributed by atoms with E-state index < -0.39 is 0 Å². The van der Waals surface area contributed by atoms with E-state index in [2.05, 4.69) is 6.92 Å². The maximum absolute atomic E-state index is 13.7. The molecule has 22 heavy (non-hydrogen) atoms. The van der Waals surface area contributed by atoms with Crippen LogP contribution in [-0.2, 0) is 0 Å². The fourth-order valence-electron chi connectivity index (χ4n) is 2.50. The number of unbranched alkanes of at least 4 members (excludes halogenated alkanes) is 5. The molecule has 118 valence electrons. The average Bonchev–Trinajstić information content (AvgIpc) is 2.55. The second-order valence-electron chi connectivity index (χ2n) is 5.62. The van der Waals surface area contributed by atoms with Gasteiger partial charge in [-0.05, 0) is 30.2 Å². The Kier molecular flexibility index (Phi) is 6.95. The summed E-state index contributed by atoms with van der Waals surface area (Å²) in [5.41, 5.74) is 1.51. The standard InChI is InChI=1S/C20H25FO/c1-2-3-4-5-6-9-16-22-18-14-12-17(13-15-18)19-10-7-8-11-20(19)21/h7-8,10-15H,2-6,9,16H2,1H3. The Hall–Kier alpha value is -1.83. The highest BCUT2D eigenvalue weighted by Crippen LogP contribution is 2.24. The zero-order valence-electron chi connectivity index (χ0n) is 13.4. The normalized spacial score (nSPS) is 10.6. The number of halogens is 1. The first kappa shape index (κ1) is 16.5. The summed E-state index contributed by atoms with van der Waals surface area (Å²) in [4.78, 5) is 0. The molecule has 2 aromatic rings. The van der Waals surface area contributed by atoms with Gasteiger partial charge in [-0.3, -0.25) is 0 Å². The van der Waals surface area contributed by atoms with Crippen molar-refractivity contribution in [1.82, 2.24) is 0 Å². The van der Waals surface area contributed by atoms with Gasteiger partial charge in [0.15, 0.2) is 0 Å². The maximum Gasteiger partial charge on any atom is 0.131 e. The Morgan fingerprint density at radius 1 is 0.818 bits per heavy atom. The molecular formula is C20H25FO. The Morgan fingerprint density at radius 2 is 1.50 bits per heavy atom. The highest BCUT2D eigenvalue weighted by Gasteiger charge is 2.03. The van der Waals surface area contributed by atoms with Crippen LogP contribution in [0.25, 0.3) is 11.1 Å². The van der Waals surface area contributed by atoms with Gasteiger partial charge in [0, 0.05) is 5.56 Å². The maximum atomic E-state index is 13.7. The summed E-state index contributed by atoms with van der Waals surface area (Å²) in [6, 6.07) is 14.5. The molecule has 0 aliphatic carbocycles. The molecular weight excluding hydrogens is 275 g/mol. The Balaban J connectivity index is 1.77. The summed E-state index contributed by atoms with van der Waals surface area (Å²) in [5, 5.41) is 0. The molecule has 0 N–H and O–H groups in total. The smallest absolute Gasteiger partial charge is 0.131 e. The largest absolute Gasteiger partial charge is 0.494 e. The van der Waals surface area contributed by atoms with Crippen molar-refractivity contribution in [1.29, 1.82) is 0 Å². The molecule has 2 aromatic carbocycles. The molecule has 0 aromatic heterocycles. The van der Waals surface area contributed by atoms with Crippen molar-refractivity contribution in [3.63, 3.8) is 0 Å². The van der Waals surface area contributed by atoms with Crippen molar-refractivity contribution in [2.75, 3.05) is 6.61 Å². The van der Waals surface area contributed by atoms with Crippen LogP contribution in [0.2, 0.25) is 0 Å². The molecule has 0 unspecified atom stereocenters. The molecule has 0 saturated heterocycles. The highest BCUT2D eigenvalue weighted by atomic mass is 19.1. The van der Waals surface area contributed by atoms with Gasteiger partial charge in [0.1, 0.15) is 11.6 Å². The van der Waals surface area contributed by atoms with Gasteiger partial charge in [-0.15, -0.1) is 0 Å². The molecule has 2 rings (SSSR count). The van der Waals surface area contributed by atoms with Crippen LogP contribution in [0.15, 0.2) is 48.5 Å². The minimum absolute atomic E-state index is 0.191. The monoisotopic (exact) mass is 300 g/mol. The van der Waals surface area contributed by atoms with Gasteiger partial charge in [-0.1, -0.05) is 69.4 Å². The van der Waals surface area contributed by atoms with Gasteiger partial charge >= 0.3 is 0 Å². The minimum atomic E-state index is -0.191. The van der Waals surface area contributed by atoms with E-state index in [0.717, 1.165) is 24.3 Å². The molecule has 0 saturated carbocycles. The van der Waals surface area contributed by atoms with Gasteiger partial charge in [-0.2, -0.15) is 0 Å². The number of hydrogen-bond acceptors (Lipinski definition) is 1. The van der Waals surface area contributed by atoms with Crippen molar-refractivity contribution in [3.05, 3.63) is 54.3 Å². The van der Waals surface area contributed by atoms with Crippen LogP contribution in [-0.4, -0.2) is 6.61 Å². The van der Waals surface area contributed by atoms with Crippen molar-refractivity contribution in [2.45, 2.75) is 45.4 Å². The van der Waals surface area contributed by atoms with Crippen LogP contribution in [0.4, 0.5) is 4.39 Å². The fraction of sp³-hybridized carbons (Fsp3) is 0.400. The predicted molar refractivity (Wildman–Crippen MR) is 90.7 cm³/mol. The van der Waals surface area contributed by atoms with Crippen LogP contribution >= 0.6 is 0 Å². The first-order valence-electron chi connectivity index (χ1n) is 8.29. The lowest BCUT2D eigenvalue weighted by Crippen LogP contribution is -1.97. The zero-order valence-corrected chi connectivity index (χ0v) is 13.4. The SMILES string of the molecule is CCCCCCCCOc1ccc(-c2ccccc2F)cc1. The van der Waals surface area contributed by atoms with E-state index in [1.807, 2.05) is 30.3 Å². The third kappa shape index (κ3) is 5.18. The Bertz CT molecular complexity index is 548. The second kappa shape index (κ2) is 9.24. The molecule has 0 heterocycles. The highest BCUT2D eigenvalue weighted by molar-refractivity contribution is 5.64. The molecule has 1 nitrogen and oxygen atoms in total. The molecule has 0 atom stereocenters. The second-order valence-corrected chi connectivity index (χ2v) is 5.62. The summed E-state index contributed by atoms with van der Waals surface area (Å²) >= 11 is 0. The quantitative estimate of drug-likeness (QED) is 0.499. The lowest BCUT2D eigenvalue weighted by molar-refractivity contribution is 0.304. The number of rotatable bonds is 9. The van der Waals surface area contributed by atoms with Gasteiger partial charge in [0.25, 0.3) is 0 Å². The summed E-state index contributed by atoms with van der Waals surface area (Å²) in [5.74, 6) is 0.664. The third-order valence-corrected chi connectivity index (χ3v) is 3.81. The molecule has 0 spiro atoms. The molecule has 0 radical (unpaired) electrons.